The highest BCUT2D eigenvalue weighted by atomic mass is 127. The Kier molecular flexibility index (Phi) is 2.86. The summed E-state index contributed by atoms with van der Waals surface area (Å²) in [6.07, 6.45) is 0. The summed E-state index contributed by atoms with van der Waals surface area (Å²) < 4.78 is 22.3. The van der Waals surface area contributed by atoms with E-state index in [4.69, 9.17) is 4.74 Å². The number of rotatable bonds is 0. The van der Waals surface area contributed by atoms with Crippen molar-refractivity contribution < 1.29 is 9.13 Å². The third kappa shape index (κ3) is 1.87. The number of hydrogen-bond donors (Lipinski definition) is 0. The van der Waals surface area contributed by atoms with Crippen molar-refractivity contribution >= 4 is 38.5 Å². The van der Waals surface area contributed by atoms with Crippen LogP contribution in [0.1, 0.15) is 0 Å². The molecule has 3 rings (SSSR count). The van der Waals surface area contributed by atoms with Gasteiger partial charge in [-0.2, -0.15) is 4.39 Å². The normalized spacial score (nSPS) is 13.6. The van der Waals surface area contributed by atoms with Crippen LogP contribution in [0.5, 0.6) is 5.75 Å². The summed E-state index contributed by atoms with van der Waals surface area (Å²) in [4.78, 5) is 4.26. The number of halogens is 3. The second-order valence-electron chi connectivity index (χ2n) is 3.66. The summed E-state index contributed by atoms with van der Waals surface area (Å²) in [5.41, 5.74) is 0.826. The maximum atomic E-state index is 13.8. The molecule has 88 valence electrons. The lowest BCUT2D eigenvalue weighted by Gasteiger charge is -2.05. The van der Waals surface area contributed by atoms with E-state index in [2.05, 4.69) is 20.9 Å². The van der Waals surface area contributed by atoms with Crippen molar-refractivity contribution in [3.05, 3.63) is 32.3 Å². The SMILES string of the molecule is Fc1c(I)nc2n1CCOc1cc(Br)ccc1-2. The summed E-state index contributed by atoms with van der Waals surface area (Å²) in [5.74, 6) is 1.08. The minimum Gasteiger partial charge on any atom is -0.491 e. The molecule has 3 nitrogen and oxygen atoms in total. The molecule has 0 aliphatic carbocycles. The zero-order valence-electron chi connectivity index (χ0n) is 8.58. The van der Waals surface area contributed by atoms with E-state index < -0.39 is 0 Å². The minimum absolute atomic E-state index is 0.292. The van der Waals surface area contributed by atoms with E-state index in [-0.39, 0.29) is 5.95 Å². The van der Waals surface area contributed by atoms with E-state index in [1.165, 1.54) is 0 Å². The van der Waals surface area contributed by atoms with Gasteiger partial charge in [0.05, 0.1) is 12.1 Å². The van der Waals surface area contributed by atoms with Gasteiger partial charge in [0.1, 0.15) is 18.2 Å². The van der Waals surface area contributed by atoms with Crippen LogP contribution in [-0.4, -0.2) is 16.2 Å². The average Bonchev–Trinajstić information content (AvgIpc) is 2.49. The van der Waals surface area contributed by atoms with Crippen LogP contribution in [0.3, 0.4) is 0 Å². The summed E-state index contributed by atoms with van der Waals surface area (Å²) in [7, 11) is 0. The van der Waals surface area contributed by atoms with Crippen LogP contribution >= 0.6 is 38.5 Å². The number of aromatic nitrogens is 2. The van der Waals surface area contributed by atoms with Gasteiger partial charge in [0.25, 0.3) is 0 Å². The number of ether oxygens (including phenoxy) is 1. The Balaban J connectivity index is 2.27. The molecule has 0 spiro atoms. The summed E-state index contributed by atoms with van der Waals surface area (Å²) in [5, 5.41) is 0. The van der Waals surface area contributed by atoms with Gasteiger partial charge in [-0.1, -0.05) is 15.9 Å². The van der Waals surface area contributed by atoms with Crippen molar-refractivity contribution in [2.45, 2.75) is 6.54 Å². The molecular weight excluding hydrogens is 402 g/mol. The monoisotopic (exact) mass is 408 g/mol. The first-order chi connectivity index (χ1) is 8.16. The highest BCUT2D eigenvalue weighted by molar-refractivity contribution is 14.1. The van der Waals surface area contributed by atoms with Crippen molar-refractivity contribution in [2.75, 3.05) is 6.61 Å². The van der Waals surface area contributed by atoms with Gasteiger partial charge in [-0.25, -0.2) is 4.98 Å². The van der Waals surface area contributed by atoms with Gasteiger partial charge in [-0.3, -0.25) is 4.57 Å². The summed E-state index contributed by atoms with van der Waals surface area (Å²) in [6, 6.07) is 5.67. The van der Waals surface area contributed by atoms with Gasteiger partial charge in [0.2, 0.25) is 5.95 Å². The molecule has 2 aromatic rings. The van der Waals surface area contributed by atoms with E-state index in [0.29, 0.717) is 22.7 Å². The Bertz CT molecular complexity index is 599. The van der Waals surface area contributed by atoms with Crippen molar-refractivity contribution in [1.29, 1.82) is 0 Å². The molecule has 1 aromatic heterocycles. The quantitative estimate of drug-likeness (QED) is 0.624. The first kappa shape index (κ1) is 11.5. The Hall–Kier alpha value is -0.630. The zero-order valence-corrected chi connectivity index (χ0v) is 12.3. The molecule has 0 amide bonds. The maximum absolute atomic E-state index is 13.8. The second-order valence-corrected chi connectivity index (χ2v) is 5.60. The number of nitrogens with zero attached hydrogens (tertiary/aromatic N) is 2. The molecule has 0 fully saturated rings. The fourth-order valence-electron chi connectivity index (χ4n) is 1.86. The molecule has 0 atom stereocenters. The van der Waals surface area contributed by atoms with Gasteiger partial charge < -0.3 is 4.74 Å². The lowest BCUT2D eigenvalue weighted by atomic mass is 10.2. The van der Waals surface area contributed by atoms with Crippen LogP contribution < -0.4 is 4.74 Å². The highest BCUT2D eigenvalue weighted by Gasteiger charge is 2.22. The highest BCUT2D eigenvalue weighted by Crippen LogP contribution is 2.35. The van der Waals surface area contributed by atoms with Crippen molar-refractivity contribution in [3.63, 3.8) is 0 Å². The predicted octanol–water partition coefficient (Wildman–Crippen LogP) is 3.45. The van der Waals surface area contributed by atoms with Crippen molar-refractivity contribution in [1.82, 2.24) is 9.55 Å². The molecule has 0 unspecified atom stereocenters. The van der Waals surface area contributed by atoms with E-state index in [1.54, 1.807) is 4.57 Å². The molecule has 0 saturated carbocycles. The zero-order chi connectivity index (χ0) is 12.0. The number of fused-ring (bicyclic) bond motifs is 3. The molecule has 0 bridgehead atoms. The molecule has 2 heterocycles. The van der Waals surface area contributed by atoms with Gasteiger partial charge in [0, 0.05) is 4.47 Å². The average molecular weight is 409 g/mol. The van der Waals surface area contributed by atoms with E-state index in [1.807, 2.05) is 40.8 Å². The Morgan fingerprint density at radius 1 is 1.47 bits per heavy atom. The molecule has 0 radical (unpaired) electrons. The van der Waals surface area contributed by atoms with Gasteiger partial charge in [0.15, 0.2) is 3.70 Å². The molecule has 1 aromatic carbocycles. The number of hydrogen-bond acceptors (Lipinski definition) is 2. The van der Waals surface area contributed by atoms with Crippen LogP contribution in [0, 0.1) is 9.65 Å². The van der Waals surface area contributed by atoms with Crippen LogP contribution in [0.25, 0.3) is 11.4 Å². The van der Waals surface area contributed by atoms with E-state index >= 15 is 0 Å². The molecule has 1 aliphatic heterocycles. The van der Waals surface area contributed by atoms with Crippen LogP contribution in [-0.2, 0) is 6.54 Å². The molecule has 0 N–H and O–H groups in total. The number of benzene rings is 1. The first-order valence-corrected chi connectivity index (χ1v) is 6.88. The largest absolute Gasteiger partial charge is 0.491 e. The first-order valence-electron chi connectivity index (χ1n) is 5.01. The van der Waals surface area contributed by atoms with Crippen LogP contribution in [0.15, 0.2) is 22.7 Å². The standard InChI is InChI=1S/C11H7BrFIN2O/c12-6-1-2-7-8(5-6)17-4-3-16-9(13)10(14)15-11(7)16/h1-2,5H,3-4H2. The third-order valence-electron chi connectivity index (χ3n) is 2.62. The molecule has 17 heavy (non-hydrogen) atoms. The molecular formula is C11H7BrFIN2O. The number of imidazole rings is 1. The van der Waals surface area contributed by atoms with Gasteiger partial charge >= 0.3 is 0 Å². The molecule has 6 heteroatoms. The Morgan fingerprint density at radius 3 is 3.12 bits per heavy atom. The minimum atomic E-state index is -0.292. The lowest BCUT2D eigenvalue weighted by Crippen LogP contribution is -2.07. The third-order valence-corrected chi connectivity index (χ3v) is 3.80. The van der Waals surface area contributed by atoms with E-state index in [9.17, 15) is 4.39 Å². The summed E-state index contributed by atoms with van der Waals surface area (Å²) >= 11 is 5.30. The second kappa shape index (κ2) is 4.24. The van der Waals surface area contributed by atoms with Crippen LogP contribution in [0.2, 0.25) is 0 Å². The summed E-state index contributed by atoms with van der Waals surface area (Å²) in [6.45, 7) is 0.920. The smallest absolute Gasteiger partial charge is 0.227 e. The Morgan fingerprint density at radius 2 is 2.29 bits per heavy atom. The Labute approximate surface area is 119 Å². The van der Waals surface area contributed by atoms with E-state index in [0.717, 1.165) is 15.8 Å². The van der Waals surface area contributed by atoms with Gasteiger partial charge in [-0.15, -0.1) is 0 Å². The lowest BCUT2D eigenvalue weighted by molar-refractivity contribution is 0.297. The predicted molar refractivity (Wildman–Crippen MR) is 73.5 cm³/mol. The van der Waals surface area contributed by atoms with Crippen LogP contribution in [0.4, 0.5) is 4.39 Å². The van der Waals surface area contributed by atoms with Gasteiger partial charge in [-0.05, 0) is 40.8 Å². The molecule has 0 saturated heterocycles. The van der Waals surface area contributed by atoms with Crippen molar-refractivity contribution in [2.24, 2.45) is 0 Å². The molecule has 1 aliphatic rings. The maximum Gasteiger partial charge on any atom is 0.227 e. The fraction of sp³-hybridized carbons (Fsp3) is 0.182. The van der Waals surface area contributed by atoms with Crippen molar-refractivity contribution in [3.8, 4) is 17.1 Å². The fourth-order valence-corrected chi connectivity index (χ4v) is 2.72. The topological polar surface area (TPSA) is 27.1 Å².